The van der Waals surface area contributed by atoms with E-state index in [0.717, 1.165) is 24.9 Å². The smallest absolute Gasteiger partial charge is 0.273 e. The number of carbonyl (C=O) groups is 1. The Morgan fingerprint density at radius 1 is 1.29 bits per heavy atom. The van der Waals surface area contributed by atoms with Crippen LogP contribution in [0.1, 0.15) is 32.1 Å². The molecule has 1 aliphatic carbocycles. The zero-order valence-electron chi connectivity index (χ0n) is 17.3. The van der Waals surface area contributed by atoms with E-state index in [1.54, 1.807) is 7.05 Å². The average Bonchev–Trinajstić information content (AvgIpc) is 3.12. The molecule has 9 heteroatoms. The zero-order valence-corrected chi connectivity index (χ0v) is 19.7. The number of hydrogen-bond acceptors (Lipinski definition) is 6. The van der Waals surface area contributed by atoms with Gasteiger partial charge in [0.25, 0.3) is 5.56 Å². The molecule has 4 rings (SSSR count). The molecule has 1 aliphatic rings. The van der Waals surface area contributed by atoms with E-state index in [4.69, 9.17) is 17.2 Å². The summed E-state index contributed by atoms with van der Waals surface area (Å²) in [6, 6.07) is 9.64. The first kappa shape index (κ1) is 22.0. The number of fused-ring (bicyclic) bond motifs is 1. The fourth-order valence-corrected chi connectivity index (χ4v) is 5.76. The van der Waals surface area contributed by atoms with Crippen LogP contribution < -0.4 is 10.9 Å². The topological polar surface area (TPSA) is 68.9 Å². The van der Waals surface area contributed by atoms with E-state index in [2.05, 4.69) is 11.4 Å². The third kappa shape index (κ3) is 4.99. The molecule has 0 bridgehead atoms. The van der Waals surface area contributed by atoms with Crippen molar-refractivity contribution in [2.75, 3.05) is 12.3 Å². The Bertz CT molecular complexity index is 1240. The van der Waals surface area contributed by atoms with Crippen LogP contribution in [0.15, 0.2) is 51.9 Å². The molecular formula is C22H24N4O2S3. The Hall–Kier alpha value is -2.23. The van der Waals surface area contributed by atoms with Crippen LogP contribution in [0, 0.1) is 3.95 Å². The van der Waals surface area contributed by atoms with Gasteiger partial charge >= 0.3 is 0 Å². The molecule has 1 N–H and O–H groups in total. The fourth-order valence-electron chi connectivity index (χ4n) is 3.62. The summed E-state index contributed by atoms with van der Waals surface area (Å²) in [4.78, 5) is 29.9. The Labute approximate surface area is 194 Å². The van der Waals surface area contributed by atoms with Gasteiger partial charge in [-0.1, -0.05) is 52.9 Å². The van der Waals surface area contributed by atoms with E-state index >= 15 is 0 Å². The first-order chi connectivity index (χ1) is 15.0. The molecular weight excluding hydrogens is 448 g/mol. The fraction of sp³-hybridized carbons (Fsp3) is 0.364. The normalized spacial score (nSPS) is 13.9. The van der Waals surface area contributed by atoms with Crippen LogP contribution in [0.4, 0.5) is 0 Å². The molecule has 31 heavy (non-hydrogen) atoms. The number of rotatable bonds is 7. The van der Waals surface area contributed by atoms with E-state index in [1.165, 1.54) is 46.1 Å². The van der Waals surface area contributed by atoms with Crippen LogP contribution in [0.3, 0.4) is 0 Å². The number of carbonyl (C=O) groups excluding carboxylic acids is 1. The maximum absolute atomic E-state index is 12.9. The van der Waals surface area contributed by atoms with Crippen molar-refractivity contribution in [3.63, 3.8) is 0 Å². The predicted octanol–water partition coefficient (Wildman–Crippen LogP) is 4.61. The van der Waals surface area contributed by atoms with Gasteiger partial charge in [0.15, 0.2) is 14.8 Å². The van der Waals surface area contributed by atoms with Crippen molar-refractivity contribution in [2.24, 2.45) is 7.05 Å². The Balaban J connectivity index is 1.49. The Kier molecular flexibility index (Phi) is 7.04. The van der Waals surface area contributed by atoms with Gasteiger partial charge in [-0.25, -0.2) is 4.98 Å². The number of para-hydroxylation sites is 1. The van der Waals surface area contributed by atoms with E-state index in [0.29, 0.717) is 26.0 Å². The molecule has 2 heterocycles. The van der Waals surface area contributed by atoms with Gasteiger partial charge in [-0.3, -0.25) is 18.7 Å². The van der Waals surface area contributed by atoms with E-state index in [9.17, 15) is 9.59 Å². The highest BCUT2D eigenvalue weighted by molar-refractivity contribution is 7.99. The maximum atomic E-state index is 12.9. The number of thiazole rings is 1. The second kappa shape index (κ2) is 9.93. The van der Waals surface area contributed by atoms with Crippen molar-refractivity contribution in [2.45, 2.75) is 37.3 Å². The molecule has 0 radical (unpaired) electrons. The molecule has 0 atom stereocenters. The standard InChI is InChI=1S/C22H24N4O2S3/c1-25-20(28)18-19(26(22(29)31-18)16-10-6-3-7-11-16)24-21(25)30-14-17(27)23-13-12-15-8-4-2-5-9-15/h3,6-8,10-11H,2,4-5,9,12-14H2,1H3,(H,23,27). The van der Waals surface area contributed by atoms with Crippen molar-refractivity contribution >= 4 is 51.6 Å². The number of benzene rings is 1. The average molecular weight is 473 g/mol. The van der Waals surface area contributed by atoms with Crippen molar-refractivity contribution in [3.8, 4) is 5.69 Å². The summed E-state index contributed by atoms with van der Waals surface area (Å²) < 4.78 is 4.40. The molecule has 0 spiro atoms. The van der Waals surface area contributed by atoms with Crippen LogP contribution in [-0.2, 0) is 11.8 Å². The van der Waals surface area contributed by atoms with E-state index < -0.39 is 0 Å². The summed E-state index contributed by atoms with van der Waals surface area (Å²) in [5.74, 6) is 0.155. The lowest BCUT2D eigenvalue weighted by atomic mass is 9.97. The van der Waals surface area contributed by atoms with Gasteiger partial charge in [0, 0.05) is 19.3 Å². The molecule has 3 aromatic rings. The summed E-state index contributed by atoms with van der Waals surface area (Å²) in [5, 5.41) is 3.48. The Morgan fingerprint density at radius 3 is 2.84 bits per heavy atom. The number of nitrogens with one attached hydrogen (secondary N) is 1. The molecule has 0 unspecified atom stereocenters. The van der Waals surface area contributed by atoms with E-state index in [-0.39, 0.29) is 17.2 Å². The lowest BCUT2D eigenvalue weighted by Crippen LogP contribution is -2.27. The number of hydrogen-bond donors (Lipinski definition) is 1. The van der Waals surface area contributed by atoms with Crippen molar-refractivity contribution in [3.05, 3.63) is 56.3 Å². The van der Waals surface area contributed by atoms with Gasteiger partial charge in [0.1, 0.15) is 4.70 Å². The predicted molar refractivity (Wildman–Crippen MR) is 130 cm³/mol. The largest absolute Gasteiger partial charge is 0.355 e. The first-order valence-corrected chi connectivity index (χ1v) is 12.5. The number of nitrogens with zero attached hydrogens (tertiary/aromatic N) is 3. The minimum atomic E-state index is -0.150. The summed E-state index contributed by atoms with van der Waals surface area (Å²) in [5.41, 5.74) is 2.70. The summed E-state index contributed by atoms with van der Waals surface area (Å²) in [6.07, 6.45) is 8.02. The number of aromatic nitrogens is 3. The Morgan fingerprint density at radius 2 is 2.10 bits per heavy atom. The zero-order chi connectivity index (χ0) is 21.8. The van der Waals surface area contributed by atoms with E-state index in [1.807, 2.05) is 34.9 Å². The summed E-state index contributed by atoms with van der Waals surface area (Å²) in [7, 11) is 1.68. The van der Waals surface area contributed by atoms with Gasteiger partial charge < -0.3 is 5.32 Å². The molecule has 1 aromatic carbocycles. The van der Waals surface area contributed by atoms with Crippen molar-refractivity contribution in [1.82, 2.24) is 19.4 Å². The third-order valence-electron chi connectivity index (χ3n) is 5.27. The maximum Gasteiger partial charge on any atom is 0.273 e. The van der Waals surface area contributed by atoms with Crippen LogP contribution in [0.2, 0.25) is 0 Å². The van der Waals surface area contributed by atoms with Gasteiger partial charge in [-0.15, -0.1) is 0 Å². The number of allylic oxidation sites excluding steroid dienone is 1. The van der Waals surface area contributed by atoms with Crippen LogP contribution >= 0.6 is 35.3 Å². The monoisotopic (exact) mass is 472 g/mol. The molecule has 2 aromatic heterocycles. The molecule has 0 saturated carbocycles. The molecule has 162 valence electrons. The lowest BCUT2D eigenvalue weighted by Gasteiger charge is -2.13. The molecule has 0 saturated heterocycles. The van der Waals surface area contributed by atoms with Gasteiger partial charge in [0.05, 0.1) is 5.75 Å². The minimum absolute atomic E-state index is 0.0547. The SMILES string of the molecule is Cn1c(SCC(=O)NCCC2=CCCCC2)nc2c(sc(=S)n2-c2ccccc2)c1=O. The summed E-state index contributed by atoms with van der Waals surface area (Å²) in [6.45, 7) is 0.647. The molecule has 1 amide bonds. The van der Waals surface area contributed by atoms with Crippen LogP contribution in [-0.4, -0.2) is 32.3 Å². The molecule has 0 fully saturated rings. The first-order valence-electron chi connectivity index (χ1n) is 10.3. The second-order valence-corrected chi connectivity index (χ2v) is 10.0. The number of amides is 1. The highest BCUT2D eigenvalue weighted by Crippen LogP contribution is 2.25. The van der Waals surface area contributed by atoms with Crippen molar-refractivity contribution in [1.29, 1.82) is 0 Å². The highest BCUT2D eigenvalue weighted by atomic mass is 32.2. The van der Waals surface area contributed by atoms with Crippen LogP contribution in [0.5, 0.6) is 0 Å². The van der Waals surface area contributed by atoms with Gasteiger partial charge in [0.2, 0.25) is 5.91 Å². The number of thioether (sulfide) groups is 1. The third-order valence-corrected chi connectivity index (χ3v) is 7.66. The lowest BCUT2D eigenvalue weighted by molar-refractivity contribution is -0.118. The molecule has 0 aliphatic heterocycles. The summed E-state index contributed by atoms with van der Waals surface area (Å²) >= 11 is 8.03. The highest BCUT2D eigenvalue weighted by Gasteiger charge is 2.17. The van der Waals surface area contributed by atoms with Gasteiger partial charge in [-0.05, 0) is 56.5 Å². The van der Waals surface area contributed by atoms with Gasteiger partial charge in [-0.2, -0.15) is 0 Å². The molecule has 6 nitrogen and oxygen atoms in total. The minimum Gasteiger partial charge on any atom is -0.355 e. The quantitative estimate of drug-likeness (QED) is 0.235. The van der Waals surface area contributed by atoms with Crippen molar-refractivity contribution < 1.29 is 4.79 Å². The second-order valence-electron chi connectivity index (χ2n) is 7.45. The van der Waals surface area contributed by atoms with Crippen LogP contribution in [0.25, 0.3) is 16.0 Å².